The van der Waals surface area contributed by atoms with E-state index in [0.717, 1.165) is 12.2 Å². The highest BCUT2D eigenvalue weighted by molar-refractivity contribution is 5.79. The predicted octanol–water partition coefficient (Wildman–Crippen LogP) is 1.27. The summed E-state index contributed by atoms with van der Waals surface area (Å²) in [6.45, 7) is 4.48. The molecule has 0 radical (unpaired) electrons. The molecule has 0 fully saturated rings. The van der Waals surface area contributed by atoms with Crippen LogP contribution in [0, 0.1) is 5.92 Å². The fourth-order valence-electron chi connectivity index (χ4n) is 1.91. The third kappa shape index (κ3) is 6.58. The van der Waals surface area contributed by atoms with Gasteiger partial charge < -0.3 is 15.2 Å². The lowest BCUT2D eigenvalue weighted by Crippen LogP contribution is -2.46. The van der Waals surface area contributed by atoms with Crippen molar-refractivity contribution in [1.82, 2.24) is 10.6 Å². The van der Waals surface area contributed by atoms with Crippen molar-refractivity contribution in [2.45, 2.75) is 26.3 Å². The summed E-state index contributed by atoms with van der Waals surface area (Å²) in [5.74, 6) is -0.468. The number of hydrogen-bond donors (Lipinski definition) is 3. The van der Waals surface area contributed by atoms with Gasteiger partial charge in [0.25, 0.3) is 0 Å². The van der Waals surface area contributed by atoms with Gasteiger partial charge in [0.2, 0.25) is 5.91 Å². The fourth-order valence-corrected chi connectivity index (χ4v) is 1.91. The van der Waals surface area contributed by atoms with Gasteiger partial charge in [-0.3, -0.25) is 14.9 Å². The Morgan fingerprint density at radius 1 is 1.27 bits per heavy atom. The van der Waals surface area contributed by atoms with Crippen LogP contribution in [0.3, 0.4) is 0 Å². The predicted molar refractivity (Wildman–Crippen MR) is 83.8 cm³/mol. The molecule has 0 heterocycles. The second-order valence-corrected chi connectivity index (χ2v) is 5.09. The summed E-state index contributed by atoms with van der Waals surface area (Å²) in [7, 11) is 0. The van der Waals surface area contributed by atoms with Gasteiger partial charge in [-0.15, -0.1) is 0 Å². The van der Waals surface area contributed by atoms with Crippen LogP contribution in [0.25, 0.3) is 0 Å². The Morgan fingerprint density at radius 2 is 1.95 bits per heavy atom. The summed E-state index contributed by atoms with van der Waals surface area (Å²) in [5, 5.41) is 14.6. The third-order valence-electron chi connectivity index (χ3n) is 3.40. The Balaban J connectivity index is 2.21. The van der Waals surface area contributed by atoms with Gasteiger partial charge >= 0.3 is 5.97 Å². The number of carbonyl (C=O) groups is 2. The average molecular weight is 308 g/mol. The molecule has 6 nitrogen and oxygen atoms in total. The average Bonchev–Trinajstić information content (AvgIpc) is 2.52. The zero-order chi connectivity index (χ0) is 16.4. The standard InChI is InChI=1S/C16H24N2O4/c1-3-12(2)15(16(20)21)18-11-14(19)17-9-10-22-13-7-5-4-6-8-13/h4-8,12,15,18H,3,9-11H2,1-2H3,(H,17,19)(H,20,21)/t12-,15-/m0/s1. The molecule has 0 bridgehead atoms. The van der Waals surface area contributed by atoms with Crippen molar-refractivity contribution in [2.24, 2.45) is 5.92 Å². The first-order chi connectivity index (χ1) is 10.5. The van der Waals surface area contributed by atoms with Gasteiger partial charge in [-0.25, -0.2) is 0 Å². The van der Waals surface area contributed by atoms with Gasteiger partial charge in [0.05, 0.1) is 13.1 Å². The molecule has 122 valence electrons. The number of carboxylic acids is 1. The van der Waals surface area contributed by atoms with Crippen molar-refractivity contribution in [3.8, 4) is 5.75 Å². The molecule has 3 N–H and O–H groups in total. The molecule has 1 aromatic rings. The zero-order valence-electron chi connectivity index (χ0n) is 13.0. The molecule has 0 spiro atoms. The quantitative estimate of drug-likeness (QED) is 0.567. The van der Waals surface area contributed by atoms with E-state index in [1.165, 1.54) is 0 Å². The summed E-state index contributed by atoms with van der Waals surface area (Å²) < 4.78 is 5.45. The highest BCUT2D eigenvalue weighted by Crippen LogP contribution is 2.08. The van der Waals surface area contributed by atoms with Gasteiger partial charge in [-0.1, -0.05) is 38.5 Å². The Morgan fingerprint density at radius 3 is 2.55 bits per heavy atom. The van der Waals surface area contributed by atoms with Crippen LogP contribution in [0.2, 0.25) is 0 Å². The van der Waals surface area contributed by atoms with E-state index in [9.17, 15) is 9.59 Å². The van der Waals surface area contributed by atoms with Gasteiger partial charge in [-0.2, -0.15) is 0 Å². The smallest absolute Gasteiger partial charge is 0.320 e. The molecule has 1 rings (SSSR count). The van der Waals surface area contributed by atoms with Crippen LogP contribution in [-0.2, 0) is 9.59 Å². The van der Waals surface area contributed by atoms with E-state index in [2.05, 4.69) is 10.6 Å². The van der Waals surface area contributed by atoms with Crippen molar-refractivity contribution in [3.63, 3.8) is 0 Å². The van der Waals surface area contributed by atoms with E-state index >= 15 is 0 Å². The summed E-state index contributed by atoms with van der Waals surface area (Å²) in [5.41, 5.74) is 0. The lowest BCUT2D eigenvalue weighted by Gasteiger charge is -2.19. The first-order valence-electron chi connectivity index (χ1n) is 7.45. The maximum Gasteiger partial charge on any atom is 0.320 e. The number of carbonyl (C=O) groups excluding carboxylic acids is 1. The first kappa shape index (κ1) is 18.0. The molecule has 1 aromatic carbocycles. The number of nitrogens with one attached hydrogen (secondary N) is 2. The number of amides is 1. The topological polar surface area (TPSA) is 87.7 Å². The molecule has 0 saturated carbocycles. The fraction of sp³-hybridized carbons (Fsp3) is 0.500. The van der Waals surface area contributed by atoms with Gasteiger partial charge in [-0.05, 0) is 18.1 Å². The van der Waals surface area contributed by atoms with Crippen LogP contribution in [0.5, 0.6) is 5.75 Å². The third-order valence-corrected chi connectivity index (χ3v) is 3.40. The van der Waals surface area contributed by atoms with Gasteiger partial charge in [0.15, 0.2) is 0 Å². The minimum Gasteiger partial charge on any atom is -0.492 e. The van der Waals surface area contributed by atoms with Crippen LogP contribution in [-0.4, -0.2) is 42.7 Å². The van der Waals surface area contributed by atoms with Crippen molar-refractivity contribution in [3.05, 3.63) is 30.3 Å². The van der Waals surface area contributed by atoms with Crippen LogP contribution >= 0.6 is 0 Å². The number of para-hydroxylation sites is 1. The Hall–Kier alpha value is -2.08. The van der Waals surface area contributed by atoms with Crippen LogP contribution in [0.15, 0.2) is 30.3 Å². The van der Waals surface area contributed by atoms with E-state index in [4.69, 9.17) is 9.84 Å². The van der Waals surface area contributed by atoms with Crippen LogP contribution in [0.1, 0.15) is 20.3 Å². The zero-order valence-corrected chi connectivity index (χ0v) is 13.0. The Bertz CT molecular complexity index is 464. The molecular weight excluding hydrogens is 284 g/mol. The molecule has 0 aliphatic heterocycles. The SMILES string of the molecule is CC[C@H](C)[C@H](NCC(=O)NCCOc1ccccc1)C(=O)O. The normalized spacial score (nSPS) is 13.2. The molecule has 0 saturated heterocycles. The molecule has 22 heavy (non-hydrogen) atoms. The molecule has 0 aromatic heterocycles. The van der Waals surface area contributed by atoms with Crippen molar-refractivity contribution >= 4 is 11.9 Å². The highest BCUT2D eigenvalue weighted by atomic mass is 16.5. The van der Waals surface area contributed by atoms with Crippen molar-refractivity contribution in [1.29, 1.82) is 0 Å². The largest absolute Gasteiger partial charge is 0.492 e. The number of benzene rings is 1. The minimum absolute atomic E-state index is 0.0212. The number of aliphatic carboxylic acids is 1. The molecule has 2 atom stereocenters. The van der Waals surface area contributed by atoms with E-state index in [1.807, 2.05) is 44.2 Å². The lowest BCUT2D eigenvalue weighted by molar-refractivity contribution is -0.140. The monoisotopic (exact) mass is 308 g/mol. The molecule has 0 aliphatic rings. The number of hydrogen-bond acceptors (Lipinski definition) is 4. The summed E-state index contributed by atoms with van der Waals surface area (Å²) in [6, 6.07) is 8.62. The van der Waals surface area contributed by atoms with Crippen LogP contribution in [0.4, 0.5) is 0 Å². The molecular formula is C16H24N2O4. The Labute approximate surface area is 130 Å². The number of rotatable bonds is 10. The molecule has 1 amide bonds. The van der Waals surface area contributed by atoms with E-state index in [0.29, 0.717) is 13.2 Å². The first-order valence-corrected chi connectivity index (χ1v) is 7.45. The molecule has 6 heteroatoms. The summed E-state index contributed by atoms with van der Waals surface area (Å²) in [6.07, 6.45) is 0.733. The van der Waals surface area contributed by atoms with Crippen LogP contribution < -0.4 is 15.4 Å². The lowest BCUT2D eigenvalue weighted by atomic mass is 9.99. The molecule has 0 unspecified atom stereocenters. The molecule has 0 aliphatic carbocycles. The second kappa shape index (κ2) is 9.78. The van der Waals surface area contributed by atoms with Crippen molar-refractivity contribution < 1.29 is 19.4 Å². The van der Waals surface area contributed by atoms with E-state index in [1.54, 1.807) is 0 Å². The van der Waals surface area contributed by atoms with E-state index < -0.39 is 12.0 Å². The Kier molecular flexibility index (Phi) is 7.99. The van der Waals surface area contributed by atoms with Crippen molar-refractivity contribution in [2.75, 3.05) is 19.7 Å². The number of ether oxygens (including phenoxy) is 1. The highest BCUT2D eigenvalue weighted by Gasteiger charge is 2.23. The van der Waals surface area contributed by atoms with Gasteiger partial charge in [0, 0.05) is 0 Å². The maximum atomic E-state index is 11.7. The maximum absolute atomic E-state index is 11.7. The minimum atomic E-state index is -0.936. The second-order valence-electron chi connectivity index (χ2n) is 5.09. The van der Waals surface area contributed by atoms with E-state index in [-0.39, 0.29) is 18.4 Å². The summed E-state index contributed by atoms with van der Waals surface area (Å²) in [4.78, 5) is 22.8. The number of carboxylic acid groups (broad SMARTS) is 1. The van der Waals surface area contributed by atoms with Gasteiger partial charge in [0.1, 0.15) is 18.4 Å². The summed E-state index contributed by atoms with van der Waals surface area (Å²) >= 11 is 0.